The average molecular weight is 688 g/mol. The number of thiophene rings is 1. The summed E-state index contributed by atoms with van der Waals surface area (Å²) in [6.07, 6.45) is 4.23. The number of amides is 3. The average Bonchev–Trinajstić information content (AvgIpc) is 3.41. The Bertz CT molecular complexity index is 1810. The van der Waals surface area contributed by atoms with E-state index in [4.69, 9.17) is 16.3 Å². The number of halogens is 1. The zero-order chi connectivity index (χ0) is 33.3. The standard InChI is InChI=1S/C36H34ClN3O5S2/c1-3-45-36(44)32-28-17-12-22(2)18-30(28)47-35(32)40-31(41)21-46-27-11-7-10-26(20-27)38-34(43)29(19-23-13-15-25(37)16-14-23)39-33(42)24-8-5-4-6-9-24/h4-11,13-16,19-20,22H,3,12,17-18,21H2,1-2H3,(H,38,43)(H,39,42)(H,40,41)/b29-19-. The molecule has 3 amide bonds. The number of benzene rings is 3. The van der Waals surface area contributed by atoms with Crippen molar-refractivity contribution < 1.29 is 23.9 Å². The second-order valence-corrected chi connectivity index (χ2v) is 13.6. The Morgan fingerprint density at radius 2 is 1.77 bits per heavy atom. The first-order chi connectivity index (χ1) is 22.7. The van der Waals surface area contributed by atoms with Crippen molar-refractivity contribution in [2.75, 3.05) is 23.0 Å². The van der Waals surface area contributed by atoms with Crippen LogP contribution in [0.5, 0.6) is 0 Å². The van der Waals surface area contributed by atoms with Crippen LogP contribution < -0.4 is 16.0 Å². The summed E-state index contributed by atoms with van der Waals surface area (Å²) in [4.78, 5) is 54.1. The summed E-state index contributed by atoms with van der Waals surface area (Å²) < 4.78 is 5.32. The van der Waals surface area contributed by atoms with Gasteiger partial charge in [-0.25, -0.2) is 4.79 Å². The van der Waals surface area contributed by atoms with Gasteiger partial charge in [-0.15, -0.1) is 23.1 Å². The summed E-state index contributed by atoms with van der Waals surface area (Å²) in [5.41, 5.74) is 3.08. The second-order valence-electron chi connectivity index (χ2n) is 11.0. The first-order valence-electron chi connectivity index (χ1n) is 15.2. The number of ether oxygens (including phenoxy) is 1. The van der Waals surface area contributed by atoms with Crippen molar-refractivity contribution in [3.8, 4) is 0 Å². The summed E-state index contributed by atoms with van der Waals surface area (Å²) in [7, 11) is 0. The first kappa shape index (κ1) is 34.0. The van der Waals surface area contributed by atoms with Gasteiger partial charge in [0.05, 0.1) is 17.9 Å². The highest BCUT2D eigenvalue weighted by molar-refractivity contribution is 8.00. The van der Waals surface area contributed by atoms with E-state index in [9.17, 15) is 19.2 Å². The number of fused-ring (bicyclic) bond motifs is 1. The summed E-state index contributed by atoms with van der Waals surface area (Å²) in [6.45, 7) is 4.21. The topological polar surface area (TPSA) is 114 Å². The maximum Gasteiger partial charge on any atom is 0.341 e. The molecule has 3 aromatic carbocycles. The predicted octanol–water partition coefficient (Wildman–Crippen LogP) is 7.84. The number of nitrogens with one attached hydrogen (secondary N) is 3. The maximum atomic E-state index is 13.4. The lowest BCUT2D eigenvalue weighted by atomic mass is 9.88. The molecule has 1 aromatic heterocycles. The highest BCUT2D eigenvalue weighted by Crippen LogP contribution is 2.40. The normalized spacial score (nSPS) is 14.1. The second kappa shape index (κ2) is 15.9. The molecule has 5 rings (SSSR count). The Hall–Kier alpha value is -4.38. The lowest BCUT2D eigenvalue weighted by molar-refractivity contribution is -0.114. The van der Waals surface area contributed by atoms with Gasteiger partial charge in [0.25, 0.3) is 11.8 Å². The lowest BCUT2D eigenvalue weighted by Crippen LogP contribution is -2.30. The van der Waals surface area contributed by atoms with Crippen molar-refractivity contribution in [2.45, 2.75) is 38.0 Å². The number of carbonyl (C=O) groups excluding carboxylic acids is 4. The maximum absolute atomic E-state index is 13.4. The molecule has 1 aliphatic rings. The van der Waals surface area contributed by atoms with E-state index in [-0.39, 0.29) is 24.0 Å². The van der Waals surface area contributed by atoms with Gasteiger partial charge in [-0.1, -0.05) is 54.9 Å². The summed E-state index contributed by atoms with van der Waals surface area (Å²) in [6, 6.07) is 22.6. The van der Waals surface area contributed by atoms with E-state index in [1.54, 1.807) is 85.8 Å². The van der Waals surface area contributed by atoms with Crippen molar-refractivity contribution in [3.63, 3.8) is 0 Å². The Labute approximate surface area is 286 Å². The van der Waals surface area contributed by atoms with Crippen LogP contribution in [-0.2, 0) is 27.2 Å². The molecule has 0 spiro atoms. The van der Waals surface area contributed by atoms with E-state index < -0.39 is 17.8 Å². The molecule has 47 heavy (non-hydrogen) atoms. The third-order valence-corrected chi connectivity index (χ3v) is 9.83. The van der Waals surface area contributed by atoms with Gasteiger partial charge in [-0.05, 0) is 91.8 Å². The van der Waals surface area contributed by atoms with Gasteiger partial charge in [0.15, 0.2) is 0 Å². The zero-order valence-electron chi connectivity index (χ0n) is 25.9. The SMILES string of the molecule is CCOC(=O)c1c(NC(=O)CSc2cccc(NC(=O)/C(=C/c3ccc(Cl)cc3)NC(=O)c3ccccc3)c2)sc2c1CCC(C)C2. The third-order valence-electron chi connectivity index (χ3n) is 7.42. The Morgan fingerprint density at radius 1 is 1.00 bits per heavy atom. The number of rotatable bonds is 11. The van der Waals surface area contributed by atoms with Crippen molar-refractivity contribution in [1.29, 1.82) is 0 Å². The molecule has 4 aromatic rings. The molecule has 0 fully saturated rings. The fourth-order valence-corrected chi connectivity index (χ4v) is 7.40. The predicted molar refractivity (Wildman–Crippen MR) is 189 cm³/mol. The highest BCUT2D eigenvalue weighted by atomic mass is 35.5. The van der Waals surface area contributed by atoms with E-state index in [0.717, 1.165) is 34.6 Å². The smallest absolute Gasteiger partial charge is 0.341 e. The van der Waals surface area contributed by atoms with Crippen LogP contribution in [0.2, 0.25) is 5.02 Å². The minimum Gasteiger partial charge on any atom is -0.462 e. The van der Waals surface area contributed by atoms with Gasteiger partial charge >= 0.3 is 5.97 Å². The zero-order valence-corrected chi connectivity index (χ0v) is 28.3. The van der Waals surface area contributed by atoms with Crippen LogP contribution in [0.15, 0.2) is 89.5 Å². The van der Waals surface area contributed by atoms with E-state index in [1.165, 1.54) is 23.1 Å². The monoisotopic (exact) mass is 687 g/mol. The molecule has 0 saturated carbocycles. The molecule has 0 radical (unpaired) electrons. The Morgan fingerprint density at radius 3 is 2.51 bits per heavy atom. The lowest BCUT2D eigenvalue weighted by Gasteiger charge is -2.18. The van der Waals surface area contributed by atoms with Gasteiger partial charge in [0.2, 0.25) is 5.91 Å². The third kappa shape index (κ3) is 9.12. The number of hydrogen-bond donors (Lipinski definition) is 3. The number of carbonyl (C=O) groups is 4. The molecule has 1 atom stereocenters. The Balaban J connectivity index is 1.26. The van der Waals surface area contributed by atoms with Crippen molar-refractivity contribution >= 4 is 75.2 Å². The minimum absolute atomic E-state index is 0.0454. The number of hydrogen-bond acceptors (Lipinski definition) is 7. The van der Waals surface area contributed by atoms with Gasteiger partial charge in [0.1, 0.15) is 10.7 Å². The quantitative estimate of drug-likeness (QED) is 0.0841. The fraction of sp³-hybridized carbons (Fsp3) is 0.222. The summed E-state index contributed by atoms with van der Waals surface area (Å²) in [5, 5.41) is 9.60. The molecular formula is C36H34ClN3O5S2. The first-order valence-corrected chi connectivity index (χ1v) is 17.4. The molecule has 0 bridgehead atoms. The van der Waals surface area contributed by atoms with E-state index in [2.05, 4.69) is 22.9 Å². The van der Waals surface area contributed by atoms with Crippen LogP contribution in [0.4, 0.5) is 10.7 Å². The van der Waals surface area contributed by atoms with Gasteiger partial charge in [-0.2, -0.15) is 0 Å². The van der Waals surface area contributed by atoms with Crippen molar-refractivity contribution in [2.24, 2.45) is 5.92 Å². The van der Waals surface area contributed by atoms with Crippen LogP contribution >= 0.6 is 34.7 Å². The van der Waals surface area contributed by atoms with Crippen LogP contribution in [0.3, 0.4) is 0 Å². The van der Waals surface area contributed by atoms with Crippen LogP contribution in [0.1, 0.15) is 57.0 Å². The van der Waals surface area contributed by atoms with E-state index >= 15 is 0 Å². The van der Waals surface area contributed by atoms with Crippen LogP contribution in [-0.4, -0.2) is 36.1 Å². The number of esters is 1. The molecule has 1 heterocycles. The number of anilines is 2. The molecule has 3 N–H and O–H groups in total. The summed E-state index contributed by atoms with van der Waals surface area (Å²) in [5.74, 6) is -0.996. The molecule has 1 unspecified atom stereocenters. The number of thioether (sulfide) groups is 1. The molecule has 242 valence electrons. The van der Waals surface area contributed by atoms with Crippen molar-refractivity contribution in [3.05, 3.63) is 117 Å². The van der Waals surface area contributed by atoms with Crippen molar-refractivity contribution in [1.82, 2.24) is 5.32 Å². The van der Waals surface area contributed by atoms with E-state index in [0.29, 0.717) is 38.3 Å². The van der Waals surface area contributed by atoms with Gasteiger partial charge in [-0.3, -0.25) is 14.4 Å². The molecule has 11 heteroatoms. The van der Waals surface area contributed by atoms with Gasteiger partial charge in [0, 0.05) is 26.0 Å². The molecule has 0 aliphatic heterocycles. The molecular weight excluding hydrogens is 654 g/mol. The molecule has 0 saturated heterocycles. The fourth-order valence-electron chi connectivity index (χ4n) is 5.10. The Kier molecular flexibility index (Phi) is 11.5. The van der Waals surface area contributed by atoms with Gasteiger partial charge < -0.3 is 20.7 Å². The molecule has 1 aliphatic carbocycles. The van der Waals surface area contributed by atoms with E-state index in [1.807, 2.05) is 6.07 Å². The van der Waals surface area contributed by atoms with Crippen LogP contribution in [0, 0.1) is 5.92 Å². The largest absolute Gasteiger partial charge is 0.462 e. The minimum atomic E-state index is -0.522. The van der Waals surface area contributed by atoms with Crippen LogP contribution in [0.25, 0.3) is 6.08 Å². The molecule has 8 nitrogen and oxygen atoms in total. The summed E-state index contributed by atoms with van der Waals surface area (Å²) >= 11 is 8.78. The highest BCUT2D eigenvalue weighted by Gasteiger charge is 2.29.